The molecule has 0 saturated carbocycles. The van der Waals surface area contributed by atoms with E-state index in [1.165, 1.54) is 0 Å². The molecule has 0 unspecified atom stereocenters. The van der Waals surface area contributed by atoms with Crippen molar-refractivity contribution in [2.75, 3.05) is 30.3 Å². The Kier molecular flexibility index (Phi) is 4.63. The quantitative estimate of drug-likeness (QED) is 0.878. The highest BCUT2D eigenvalue weighted by Gasteiger charge is 2.42. The molecule has 4 rings (SSSR count). The topological polar surface area (TPSA) is 101 Å². The Morgan fingerprint density at radius 1 is 1.19 bits per heavy atom. The number of likely N-dealkylation sites (tertiary alicyclic amines) is 1. The lowest BCUT2D eigenvalue weighted by atomic mass is 9.73. The molecule has 0 radical (unpaired) electrons. The average molecular weight is 367 g/mol. The molecule has 2 aromatic rings. The molecule has 0 aromatic carbocycles. The van der Waals surface area contributed by atoms with Gasteiger partial charge < -0.3 is 15.5 Å². The van der Waals surface area contributed by atoms with Crippen molar-refractivity contribution in [3.63, 3.8) is 0 Å². The first-order valence-corrected chi connectivity index (χ1v) is 9.42. The average Bonchev–Trinajstić information content (AvgIpc) is 2.67. The Labute approximate surface area is 158 Å². The molecule has 142 valence electrons. The fourth-order valence-corrected chi connectivity index (χ4v) is 4.17. The Bertz CT molecular complexity index is 825. The number of nitrogens with zero attached hydrogens (tertiary/aromatic N) is 6. The van der Waals surface area contributed by atoms with Crippen molar-refractivity contribution in [3.8, 4) is 0 Å². The largest absolute Gasteiger partial charge is 0.384 e. The number of aromatic nitrogens is 4. The van der Waals surface area contributed by atoms with Crippen LogP contribution in [-0.2, 0) is 11.3 Å². The van der Waals surface area contributed by atoms with Crippen LogP contribution in [0.5, 0.6) is 0 Å². The second kappa shape index (κ2) is 7.09. The number of carbonyl (C=O) groups is 1. The molecule has 2 N–H and O–H groups in total. The normalized spacial score (nSPS) is 23.1. The second-order valence-corrected chi connectivity index (χ2v) is 7.71. The van der Waals surface area contributed by atoms with Crippen LogP contribution in [0.2, 0.25) is 0 Å². The Balaban J connectivity index is 1.50. The number of hydrogen-bond donors (Lipinski definition) is 1. The number of carbonyl (C=O) groups excluding carboxylic acids is 1. The molecule has 0 bridgehead atoms. The highest BCUT2D eigenvalue weighted by Crippen LogP contribution is 2.40. The Morgan fingerprint density at radius 3 is 2.85 bits per heavy atom. The summed E-state index contributed by atoms with van der Waals surface area (Å²) in [7, 11) is 0. The minimum absolute atomic E-state index is 0.0677. The smallest absolute Gasteiger partial charge is 0.227 e. The van der Waals surface area contributed by atoms with Crippen molar-refractivity contribution in [3.05, 3.63) is 36.0 Å². The lowest BCUT2D eigenvalue weighted by Crippen LogP contribution is -2.54. The molecule has 2 aliphatic heterocycles. The minimum atomic E-state index is 0.0677. The van der Waals surface area contributed by atoms with Gasteiger partial charge in [0.2, 0.25) is 11.9 Å². The number of aryl methyl sites for hydroxylation is 1. The number of piperidine rings is 2. The van der Waals surface area contributed by atoms with Crippen LogP contribution >= 0.6 is 0 Å². The van der Waals surface area contributed by atoms with E-state index in [2.05, 4.69) is 24.8 Å². The molecule has 0 aliphatic carbocycles. The second-order valence-electron chi connectivity index (χ2n) is 7.71. The number of hydrogen-bond acceptors (Lipinski definition) is 7. The Morgan fingerprint density at radius 2 is 2.07 bits per heavy atom. The summed E-state index contributed by atoms with van der Waals surface area (Å²) in [4.78, 5) is 34.1. The summed E-state index contributed by atoms with van der Waals surface area (Å²) in [5, 5.41) is 0. The minimum Gasteiger partial charge on any atom is -0.384 e. The van der Waals surface area contributed by atoms with E-state index in [0.717, 1.165) is 50.3 Å². The summed E-state index contributed by atoms with van der Waals surface area (Å²) >= 11 is 0. The van der Waals surface area contributed by atoms with Gasteiger partial charge in [-0.25, -0.2) is 4.98 Å². The summed E-state index contributed by atoms with van der Waals surface area (Å²) in [6.07, 6.45) is 8.85. The molecule has 27 heavy (non-hydrogen) atoms. The first kappa shape index (κ1) is 17.6. The third-order valence-electron chi connectivity index (χ3n) is 5.54. The van der Waals surface area contributed by atoms with Gasteiger partial charge in [0.15, 0.2) is 0 Å². The van der Waals surface area contributed by atoms with E-state index in [1.807, 2.05) is 11.8 Å². The van der Waals surface area contributed by atoms with Gasteiger partial charge in [-0.05, 0) is 32.3 Å². The van der Waals surface area contributed by atoms with Gasteiger partial charge in [-0.15, -0.1) is 0 Å². The van der Waals surface area contributed by atoms with E-state index < -0.39 is 0 Å². The number of nitrogen functional groups attached to an aromatic ring is 1. The maximum absolute atomic E-state index is 12.5. The van der Waals surface area contributed by atoms with Crippen LogP contribution in [-0.4, -0.2) is 50.4 Å². The van der Waals surface area contributed by atoms with Gasteiger partial charge in [0.25, 0.3) is 0 Å². The summed E-state index contributed by atoms with van der Waals surface area (Å²) in [5.74, 6) is 1.36. The fourth-order valence-electron chi connectivity index (χ4n) is 4.17. The van der Waals surface area contributed by atoms with Gasteiger partial charge in [-0.3, -0.25) is 14.8 Å². The lowest BCUT2D eigenvalue weighted by molar-refractivity contribution is -0.138. The third kappa shape index (κ3) is 3.84. The van der Waals surface area contributed by atoms with Crippen LogP contribution < -0.4 is 10.6 Å². The van der Waals surface area contributed by atoms with Gasteiger partial charge in [0, 0.05) is 43.9 Å². The van der Waals surface area contributed by atoms with Crippen LogP contribution in [0.3, 0.4) is 0 Å². The van der Waals surface area contributed by atoms with E-state index in [1.54, 1.807) is 24.7 Å². The summed E-state index contributed by atoms with van der Waals surface area (Å²) < 4.78 is 0. The van der Waals surface area contributed by atoms with Gasteiger partial charge in [-0.2, -0.15) is 4.98 Å². The van der Waals surface area contributed by atoms with Gasteiger partial charge in [0.1, 0.15) is 5.82 Å². The van der Waals surface area contributed by atoms with E-state index in [0.29, 0.717) is 24.7 Å². The molecule has 8 heteroatoms. The summed E-state index contributed by atoms with van der Waals surface area (Å²) in [6.45, 7) is 4.93. The van der Waals surface area contributed by atoms with Crippen LogP contribution in [0.4, 0.5) is 11.8 Å². The van der Waals surface area contributed by atoms with Crippen molar-refractivity contribution in [2.45, 2.75) is 39.2 Å². The fraction of sp³-hybridized carbons (Fsp3) is 0.526. The highest BCUT2D eigenvalue weighted by atomic mass is 16.2. The number of nitrogens with two attached hydrogens (primary N) is 1. The lowest BCUT2D eigenvalue weighted by Gasteiger charge is -2.48. The predicted molar refractivity (Wildman–Crippen MR) is 102 cm³/mol. The SMILES string of the molecule is Cc1cnc(CN2C[C@@]3(CCCN(c4nccc(N)n4)C3)CCC2=O)cn1. The van der Waals surface area contributed by atoms with Crippen molar-refractivity contribution in [1.29, 1.82) is 0 Å². The molecule has 2 aliphatic rings. The third-order valence-corrected chi connectivity index (χ3v) is 5.54. The molecular weight excluding hydrogens is 342 g/mol. The van der Waals surface area contributed by atoms with Crippen LogP contribution in [0, 0.1) is 12.3 Å². The van der Waals surface area contributed by atoms with Crippen LogP contribution in [0.1, 0.15) is 37.1 Å². The van der Waals surface area contributed by atoms with Crippen molar-refractivity contribution >= 4 is 17.7 Å². The number of anilines is 2. The maximum atomic E-state index is 12.5. The highest BCUT2D eigenvalue weighted by molar-refractivity contribution is 5.77. The molecule has 4 heterocycles. The van der Waals surface area contributed by atoms with Gasteiger partial charge >= 0.3 is 0 Å². The van der Waals surface area contributed by atoms with E-state index in [-0.39, 0.29) is 11.3 Å². The van der Waals surface area contributed by atoms with E-state index in [9.17, 15) is 4.79 Å². The number of rotatable bonds is 3. The molecule has 2 fully saturated rings. The first-order chi connectivity index (χ1) is 13.0. The maximum Gasteiger partial charge on any atom is 0.227 e. The molecule has 1 amide bonds. The zero-order valence-corrected chi connectivity index (χ0v) is 15.6. The van der Waals surface area contributed by atoms with Crippen molar-refractivity contribution in [2.24, 2.45) is 5.41 Å². The standard InChI is InChI=1S/C19H25N7O/c1-14-9-23-15(10-22-14)11-26-13-19(6-3-17(26)27)5-2-8-25(12-19)18-21-7-4-16(20)24-18/h4,7,9-10H,2-3,5-6,8,11-13H2,1H3,(H2,20,21,24)/t19-/m0/s1. The summed E-state index contributed by atoms with van der Waals surface area (Å²) in [5.41, 5.74) is 7.61. The first-order valence-electron chi connectivity index (χ1n) is 9.42. The monoisotopic (exact) mass is 367 g/mol. The molecule has 2 aromatic heterocycles. The van der Waals surface area contributed by atoms with Crippen LogP contribution in [0.25, 0.3) is 0 Å². The van der Waals surface area contributed by atoms with Gasteiger partial charge in [0.05, 0.1) is 24.1 Å². The van der Waals surface area contributed by atoms with Crippen molar-refractivity contribution in [1.82, 2.24) is 24.8 Å². The van der Waals surface area contributed by atoms with Crippen LogP contribution in [0.15, 0.2) is 24.7 Å². The molecule has 2 saturated heterocycles. The zero-order chi connectivity index (χ0) is 18.9. The van der Waals surface area contributed by atoms with Gasteiger partial charge in [-0.1, -0.05) is 0 Å². The number of amides is 1. The molecule has 1 spiro atoms. The molecular formula is C19H25N7O. The predicted octanol–water partition coefficient (Wildman–Crippen LogP) is 1.57. The van der Waals surface area contributed by atoms with E-state index >= 15 is 0 Å². The Hall–Kier alpha value is -2.77. The molecule has 1 atom stereocenters. The summed E-state index contributed by atoms with van der Waals surface area (Å²) in [6, 6.07) is 1.70. The van der Waals surface area contributed by atoms with Crippen molar-refractivity contribution < 1.29 is 4.79 Å². The zero-order valence-electron chi connectivity index (χ0n) is 15.6. The molecule has 8 nitrogen and oxygen atoms in total. The van der Waals surface area contributed by atoms with E-state index in [4.69, 9.17) is 5.73 Å².